The van der Waals surface area contributed by atoms with Crippen LogP contribution in [0.3, 0.4) is 0 Å². The van der Waals surface area contributed by atoms with E-state index in [0.717, 1.165) is 36.3 Å². The molecule has 21 heavy (non-hydrogen) atoms. The number of hydrogen-bond acceptors (Lipinski definition) is 6. The van der Waals surface area contributed by atoms with Crippen LogP contribution < -0.4 is 5.73 Å². The fourth-order valence-electron chi connectivity index (χ4n) is 2.68. The predicted octanol–water partition coefficient (Wildman–Crippen LogP) is 3.64. The van der Waals surface area contributed by atoms with Gasteiger partial charge in [0.15, 0.2) is 5.82 Å². The van der Waals surface area contributed by atoms with Crippen molar-refractivity contribution in [3.8, 4) is 10.8 Å². The molecule has 2 N–H and O–H groups in total. The Balaban J connectivity index is 0.00000161. The maximum atomic E-state index is 6.37. The quantitative estimate of drug-likeness (QED) is 0.910. The molecule has 2 aromatic rings. The molecular weight excluding hydrogens is 308 g/mol. The second kappa shape index (κ2) is 5.66. The van der Waals surface area contributed by atoms with E-state index >= 15 is 0 Å². The van der Waals surface area contributed by atoms with E-state index in [1.165, 1.54) is 11.3 Å². The Morgan fingerprint density at radius 2 is 1.95 bits per heavy atom. The summed E-state index contributed by atoms with van der Waals surface area (Å²) < 4.78 is 5.45. The summed E-state index contributed by atoms with van der Waals surface area (Å²) in [4.78, 5) is 9.95. The van der Waals surface area contributed by atoms with E-state index in [-0.39, 0.29) is 17.8 Å². The molecule has 1 aliphatic carbocycles. The van der Waals surface area contributed by atoms with E-state index in [2.05, 4.69) is 35.9 Å². The first-order chi connectivity index (χ1) is 9.40. The highest BCUT2D eigenvalue weighted by Crippen LogP contribution is 2.38. The molecule has 0 unspecified atom stereocenters. The van der Waals surface area contributed by atoms with Gasteiger partial charge in [-0.15, -0.1) is 23.7 Å². The highest BCUT2D eigenvalue weighted by molar-refractivity contribution is 7.13. The second-order valence-electron chi connectivity index (χ2n) is 6.57. The molecule has 0 aliphatic heterocycles. The lowest BCUT2D eigenvalue weighted by molar-refractivity contribution is 0.372. The van der Waals surface area contributed by atoms with Gasteiger partial charge < -0.3 is 10.3 Å². The van der Waals surface area contributed by atoms with Crippen LogP contribution in [-0.4, -0.2) is 15.1 Å². The van der Waals surface area contributed by atoms with Crippen LogP contribution in [0.2, 0.25) is 0 Å². The van der Waals surface area contributed by atoms with Gasteiger partial charge in [-0.1, -0.05) is 38.8 Å². The molecule has 0 amide bonds. The number of rotatable bonds is 2. The van der Waals surface area contributed by atoms with E-state index < -0.39 is 5.54 Å². The zero-order valence-corrected chi connectivity index (χ0v) is 14.2. The Labute approximate surface area is 134 Å². The van der Waals surface area contributed by atoms with E-state index in [9.17, 15) is 0 Å². The first-order valence-corrected chi connectivity index (χ1v) is 7.85. The number of nitrogens with two attached hydrogens (primary N) is 1. The van der Waals surface area contributed by atoms with Crippen molar-refractivity contribution in [3.63, 3.8) is 0 Å². The summed E-state index contributed by atoms with van der Waals surface area (Å²) in [7, 11) is 0. The molecule has 3 rings (SSSR count). The van der Waals surface area contributed by atoms with Gasteiger partial charge in [0.25, 0.3) is 5.89 Å². The third-order valence-electron chi connectivity index (χ3n) is 3.84. The SMILES string of the molecule is CC(C)(C)c1ncsc1-c1nc(C2(N)CCCC2)no1.Cl. The van der Waals surface area contributed by atoms with Gasteiger partial charge in [-0.2, -0.15) is 4.98 Å². The van der Waals surface area contributed by atoms with E-state index in [1.807, 2.05) is 5.51 Å². The van der Waals surface area contributed by atoms with Crippen LogP contribution >= 0.6 is 23.7 Å². The summed E-state index contributed by atoms with van der Waals surface area (Å²) in [6, 6.07) is 0. The largest absolute Gasteiger partial charge is 0.333 e. The summed E-state index contributed by atoms with van der Waals surface area (Å²) in [6.07, 6.45) is 4.13. The highest BCUT2D eigenvalue weighted by Gasteiger charge is 2.36. The van der Waals surface area contributed by atoms with Gasteiger partial charge in [-0.05, 0) is 12.8 Å². The summed E-state index contributed by atoms with van der Waals surface area (Å²) in [6.45, 7) is 6.39. The minimum Gasteiger partial charge on any atom is -0.333 e. The summed E-state index contributed by atoms with van der Waals surface area (Å²) in [5.74, 6) is 1.18. The molecule has 7 heteroatoms. The molecule has 0 aromatic carbocycles. The van der Waals surface area contributed by atoms with Gasteiger partial charge in [0.2, 0.25) is 0 Å². The minimum absolute atomic E-state index is 0. The second-order valence-corrected chi connectivity index (χ2v) is 7.42. The van der Waals surface area contributed by atoms with Gasteiger partial charge in [-0.3, -0.25) is 0 Å². The van der Waals surface area contributed by atoms with Crippen LogP contribution in [0.4, 0.5) is 0 Å². The molecule has 5 nitrogen and oxygen atoms in total. The molecule has 0 bridgehead atoms. The first-order valence-electron chi connectivity index (χ1n) is 6.97. The Morgan fingerprint density at radius 1 is 1.29 bits per heavy atom. The Kier molecular flexibility index (Phi) is 4.42. The topological polar surface area (TPSA) is 77.8 Å². The molecule has 2 heterocycles. The van der Waals surface area contributed by atoms with Crippen LogP contribution in [0.15, 0.2) is 10.0 Å². The van der Waals surface area contributed by atoms with Gasteiger partial charge >= 0.3 is 0 Å². The standard InChI is InChI=1S/C14H20N4OS.ClH/c1-13(2,3)10-9(20-8-16-10)11-17-12(18-19-11)14(15)6-4-5-7-14;/h8H,4-7,15H2,1-3H3;1H. The summed E-state index contributed by atoms with van der Waals surface area (Å²) in [5, 5.41) is 4.12. The average molecular weight is 329 g/mol. The Hall–Kier alpha value is -0.980. The van der Waals surface area contributed by atoms with E-state index in [0.29, 0.717) is 11.7 Å². The normalized spacial score (nSPS) is 17.7. The Bertz CT molecular complexity index is 611. The molecule has 1 saturated carbocycles. The van der Waals surface area contributed by atoms with Crippen molar-refractivity contribution < 1.29 is 4.52 Å². The third-order valence-corrected chi connectivity index (χ3v) is 4.65. The van der Waals surface area contributed by atoms with Crippen molar-refractivity contribution in [2.75, 3.05) is 0 Å². The van der Waals surface area contributed by atoms with Gasteiger partial charge in [0.1, 0.15) is 4.88 Å². The summed E-state index contributed by atoms with van der Waals surface area (Å²) >= 11 is 1.54. The summed E-state index contributed by atoms with van der Waals surface area (Å²) in [5.41, 5.74) is 8.74. The third kappa shape index (κ3) is 2.98. The maximum absolute atomic E-state index is 6.37. The number of aromatic nitrogens is 3. The van der Waals surface area contributed by atoms with E-state index in [1.54, 1.807) is 0 Å². The zero-order chi connectivity index (χ0) is 14.4. The zero-order valence-electron chi connectivity index (χ0n) is 12.5. The molecule has 0 atom stereocenters. The fourth-order valence-corrected chi connectivity index (χ4v) is 3.60. The van der Waals surface area contributed by atoms with Crippen molar-refractivity contribution in [1.29, 1.82) is 0 Å². The van der Waals surface area contributed by atoms with Gasteiger partial charge in [0.05, 0.1) is 16.7 Å². The average Bonchev–Trinajstić information content (AvgIpc) is 3.07. The number of halogens is 1. The van der Waals surface area contributed by atoms with Crippen molar-refractivity contribution in [2.45, 2.75) is 57.4 Å². The van der Waals surface area contributed by atoms with Crippen LogP contribution in [0.1, 0.15) is 58.0 Å². The van der Waals surface area contributed by atoms with Crippen molar-refractivity contribution >= 4 is 23.7 Å². The van der Waals surface area contributed by atoms with E-state index in [4.69, 9.17) is 10.3 Å². The molecule has 0 spiro atoms. The molecule has 1 fully saturated rings. The number of hydrogen-bond donors (Lipinski definition) is 1. The monoisotopic (exact) mass is 328 g/mol. The molecule has 0 saturated heterocycles. The van der Waals surface area contributed by atoms with Gasteiger partial charge in [-0.25, -0.2) is 4.98 Å². The lowest BCUT2D eigenvalue weighted by Gasteiger charge is -2.18. The molecule has 0 radical (unpaired) electrons. The van der Waals surface area contributed by atoms with Crippen LogP contribution in [0.25, 0.3) is 10.8 Å². The molecule has 1 aliphatic rings. The van der Waals surface area contributed by atoms with Crippen molar-refractivity contribution in [2.24, 2.45) is 5.73 Å². The smallest absolute Gasteiger partial charge is 0.270 e. The van der Waals surface area contributed by atoms with Crippen LogP contribution in [0, 0.1) is 0 Å². The van der Waals surface area contributed by atoms with Crippen LogP contribution in [0.5, 0.6) is 0 Å². The molecule has 116 valence electrons. The number of thiazole rings is 1. The van der Waals surface area contributed by atoms with Crippen molar-refractivity contribution in [3.05, 3.63) is 17.0 Å². The lowest BCUT2D eigenvalue weighted by Crippen LogP contribution is -2.34. The lowest BCUT2D eigenvalue weighted by atomic mass is 9.91. The van der Waals surface area contributed by atoms with Crippen LogP contribution in [-0.2, 0) is 11.0 Å². The predicted molar refractivity (Wildman–Crippen MR) is 85.7 cm³/mol. The van der Waals surface area contributed by atoms with Crippen molar-refractivity contribution in [1.82, 2.24) is 15.1 Å². The number of nitrogens with zero attached hydrogens (tertiary/aromatic N) is 3. The Morgan fingerprint density at radius 3 is 2.57 bits per heavy atom. The van der Waals surface area contributed by atoms with Gasteiger partial charge in [0, 0.05) is 5.41 Å². The minimum atomic E-state index is -0.408. The molecular formula is C14H21ClN4OS. The highest BCUT2D eigenvalue weighted by atomic mass is 35.5. The fraction of sp³-hybridized carbons (Fsp3) is 0.643. The first kappa shape index (κ1) is 16.4. The molecule has 2 aromatic heterocycles. The maximum Gasteiger partial charge on any atom is 0.270 e.